The van der Waals surface area contributed by atoms with Crippen LogP contribution in [0.5, 0.6) is 0 Å². The van der Waals surface area contributed by atoms with Crippen LogP contribution in [0.1, 0.15) is 10.4 Å². The Labute approximate surface area is 120 Å². The van der Waals surface area contributed by atoms with Crippen LogP contribution in [0.25, 0.3) is 11.1 Å². The van der Waals surface area contributed by atoms with Crippen molar-refractivity contribution in [3.05, 3.63) is 46.1 Å². The first-order chi connectivity index (χ1) is 9.02. The minimum Gasteiger partial charge on any atom is -0.465 e. The smallest absolute Gasteiger partial charge is 0.338 e. The number of carbonyl (C=O) groups excluding carboxylic acids is 1. The van der Waals surface area contributed by atoms with Gasteiger partial charge in [0.15, 0.2) is 0 Å². The van der Waals surface area contributed by atoms with E-state index in [9.17, 15) is 4.79 Å². The number of anilines is 1. The average Bonchev–Trinajstić information content (AvgIpc) is 2.41. The Hall–Kier alpha value is -1.78. The predicted molar refractivity (Wildman–Crippen MR) is 75.4 cm³/mol. The number of pyridine rings is 1. The molecule has 0 aliphatic carbocycles. The van der Waals surface area contributed by atoms with Crippen molar-refractivity contribution >= 4 is 35.0 Å². The summed E-state index contributed by atoms with van der Waals surface area (Å²) in [6.45, 7) is 0. The predicted octanol–water partition coefficient (Wildman–Crippen LogP) is 3.42. The molecule has 4 nitrogen and oxygen atoms in total. The van der Waals surface area contributed by atoms with E-state index in [2.05, 4.69) is 4.98 Å². The summed E-state index contributed by atoms with van der Waals surface area (Å²) in [6.07, 6.45) is 1.50. The number of halogens is 2. The molecule has 0 unspecified atom stereocenters. The Kier molecular flexibility index (Phi) is 3.93. The first-order valence-corrected chi connectivity index (χ1v) is 6.07. The monoisotopic (exact) mass is 296 g/mol. The fourth-order valence-corrected chi connectivity index (χ4v) is 1.94. The number of hydrogen-bond donors (Lipinski definition) is 1. The number of methoxy groups -OCH3 is 1. The molecule has 0 spiro atoms. The van der Waals surface area contributed by atoms with Gasteiger partial charge in [0, 0.05) is 11.8 Å². The lowest BCUT2D eigenvalue weighted by Gasteiger charge is -2.09. The summed E-state index contributed by atoms with van der Waals surface area (Å²) >= 11 is 11.8. The summed E-state index contributed by atoms with van der Waals surface area (Å²) in [4.78, 5) is 15.7. The van der Waals surface area contributed by atoms with E-state index in [0.29, 0.717) is 26.7 Å². The molecule has 0 bridgehead atoms. The van der Waals surface area contributed by atoms with Crippen molar-refractivity contribution in [1.29, 1.82) is 0 Å². The van der Waals surface area contributed by atoms with Crippen LogP contribution in [0.4, 0.5) is 5.82 Å². The van der Waals surface area contributed by atoms with Gasteiger partial charge in [0.1, 0.15) is 5.82 Å². The molecule has 0 saturated heterocycles. The third-order valence-electron chi connectivity index (χ3n) is 2.56. The minimum atomic E-state index is -0.491. The lowest BCUT2D eigenvalue weighted by molar-refractivity contribution is 0.0601. The minimum absolute atomic E-state index is 0.240. The maximum atomic E-state index is 11.7. The number of aromatic nitrogens is 1. The van der Waals surface area contributed by atoms with Crippen LogP contribution < -0.4 is 5.73 Å². The van der Waals surface area contributed by atoms with Crippen LogP contribution in [-0.4, -0.2) is 18.1 Å². The Bertz CT molecular complexity index is 645. The van der Waals surface area contributed by atoms with Gasteiger partial charge in [0.05, 0.1) is 22.7 Å². The number of ether oxygens (including phenoxy) is 1. The number of nitrogens with zero attached hydrogens (tertiary/aromatic N) is 1. The van der Waals surface area contributed by atoms with Crippen LogP contribution in [0.15, 0.2) is 30.5 Å². The Morgan fingerprint density at radius 2 is 2.00 bits per heavy atom. The number of nitrogen functional groups attached to an aromatic ring is 1. The van der Waals surface area contributed by atoms with Gasteiger partial charge in [-0.2, -0.15) is 0 Å². The molecule has 0 aliphatic heterocycles. The highest BCUT2D eigenvalue weighted by Crippen LogP contribution is 2.30. The molecular formula is C13H10Cl2N2O2. The molecule has 0 atom stereocenters. The second-order valence-corrected chi connectivity index (χ2v) is 4.59. The van der Waals surface area contributed by atoms with E-state index in [1.807, 2.05) is 0 Å². The highest BCUT2D eigenvalue weighted by atomic mass is 35.5. The van der Waals surface area contributed by atoms with Gasteiger partial charge in [0.25, 0.3) is 0 Å². The van der Waals surface area contributed by atoms with Crippen molar-refractivity contribution in [2.45, 2.75) is 0 Å². The number of hydrogen-bond acceptors (Lipinski definition) is 4. The molecule has 1 aromatic heterocycles. The highest BCUT2D eigenvalue weighted by Gasteiger charge is 2.15. The maximum absolute atomic E-state index is 11.7. The zero-order valence-electron chi connectivity index (χ0n) is 9.98. The van der Waals surface area contributed by atoms with E-state index in [4.69, 9.17) is 33.7 Å². The van der Waals surface area contributed by atoms with Gasteiger partial charge in [-0.15, -0.1) is 0 Å². The lowest BCUT2D eigenvalue weighted by atomic mass is 10.0. The summed E-state index contributed by atoms with van der Waals surface area (Å²) in [5.74, 6) is -0.251. The standard InChI is InChI=1S/C13H10Cl2N2O2/c1-19-13(18)8-5-12(16)17-6-9(8)7-2-3-10(14)11(15)4-7/h2-6H,1H3,(H2,16,17). The Morgan fingerprint density at radius 3 is 2.63 bits per heavy atom. The average molecular weight is 297 g/mol. The van der Waals surface area contributed by atoms with Crippen molar-refractivity contribution in [3.8, 4) is 11.1 Å². The van der Waals surface area contributed by atoms with Crippen molar-refractivity contribution in [1.82, 2.24) is 4.98 Å². The molecule has 0 fully saturated rings. The zero-order valence-corrected chi connectivity index (χ0v) is 11.5. The van der Waals surface area contributed by atoms with Crippen LogP contribution in [0, 0.1) is 0 Å². The van der Waals surface area contributed by atoms with Crippen molar-refractivity contribution in [2.75, 3.05) is 12.8 Å². The fourth-order valence-electron chi connectivity index (χ4n) is 1.64. The summed E-state index contributed by atoms with van der Waals surface area (Å²) in [6, 6.07) is 6.51. The fraction of sp³-hybridized carbons (Fsp3) is 0.0769. The van der Waals surface area contributed by atoms with E-state index < -0.39 is 5.97 Å². The van der Waals surface area contributed by atoms with Gasteiger partial charge in [-0.05, 0) is 23.8 Å². The molecule has 2 rings (SSSR count). The van der Waals surface area contributed by atoms with Crippen LogP contribution in [0.2, 0.25) is 10.0 Å². The molecule has 98 valence electrons. The number of nitrogens with two attached hydrogens (primary N) is 1. The van der Waals surface area contributed by atoms with Gasteiger partial charge in [-0.3, -0.25) is 0 Å². The number of rotatable bonds is 2. The SMILES string of the molecule is COC(=O)c1cc(N)ncc1-c1ccc(Cl)c(Cl)c1. The molecule has 0 amide bonds. The summed E-state index contributed by atoms with van der Waals surface area (Å²) in [7, 11) is 1.30. The van der Waals surface area contributed by atoms with Crippen molar-refractivity contribution in [3.63, 3.8) is 0 Å². The molecular weight excluding hydrogens is 287 g/mol. The molecule has 1 aromatic carbocycles. The molecule has 2 aromatic rings. The Morgan fingerprint density at radius 1 is 1.26 bits per heavy atom. The van der Waals surface area contributed by atoms with Crippen LogP contribution in [-0.2, 0) is 4.74 Å². The summed E-state index contributed by atoms with van der Waals surface area (Å²) in [5.41, 5.74) is 7.21. The summed E-state index contributed by atoms with van der Waals surface area (Å²) in [5, 5.41) is 0.834. The molecule has 6 heteroatoms. The molecule has 19 heavy (non-hydrogen) atoms. The van der Waals surface area contributed by atoms with Gasteiger partial charge in [0.2, 0.25) is 0 Å². The maximum Gasteiger partial charge on any atom is 0.338 e. The Balaban J connectivity index is 2.61. The summed E-state index contributed by atoms with van der Waals surface area (Å²) < 4.78 is 4.73. The molecule has 0 radical (unpaired) electrons. The van der Waals surface area contributed by atoms with E-state index in [1.54, 1.807) is 18.2 Å². The van der Waals surface area contributed by atoms with E-state index in [1.165, 1.54) is 19.4 Å². The molecule has 1 heterocycles. The number of esters is 1. The first-order valence-electron chi connectivity index (χ1n) is 5.32. The van der Waals surface area contributed by atoms with Gasteiger partial charge in [-0.25, -0.2) is 9.78 Å². The van der Waals surface area contributed by atoms with Gasteiger partial charge < -0.3 is 10.5 Å². The first kappa shape index (κ1) is 13.6. The largest absolute Gasteiger partial charge is 0.465 e. The van der Waals surface area contributed by atoms with Crippen molar-refractivity contribution < 1.29 is 9.53 Å². The lowest BCUT2D eigenvalue weighted by Crippen LogP contribution is -2.05. The van der Waals surface area contributed by atoms with E-state index in [0.717, 1.165) is 0 Å². The molecule has 0 aliphatic rings. The number of benzene rings is 1. The normalized spacial score (nSPS) is 10.3. The highest BCUT2D eigenvalue weighted by molar-refractivity contribution is 6.42. The topological polar surface area (TPSA) is 65.2 Å². The van der Waals surface area contributed by atoms with Gasteiger partial charge >= 0.3 is 5.97 Å². The molecule has 0 saturated carbocycles. The number of carbonyl (C=O) groups is 1. The third-order valence-corrected chi connectivity index (χ3v) is 3.30. The van der Waals surface area contributed by atoms with Crippen LogP contribution in [0.3, 0.4) is 0 Å². The third kappa shape index (κ3) is 2.80. The van der Waals surface area contributed by atoms with Crippen molar-refractivity contribution in [2.24, 2.45) is 0 Å². The second-order valence-electron chi connectivity index (χ2n) is 3.78. The van der Waals surface area contributed by atoms with E-state index >= 15 is 0 Å². The van der Waals surface area contributed by atoms with Gasteiger partial charge in [-0.1, -0.05) is 29.3 Å². The zero-order chi connectivity index (χ0) is 14.0. The van der Waals surface area contributed by atoms with E-state index in [-0.39, 0.29) is 5.82 Å². The second kappa shape index (κ2) is 5.47. The molecule has 2 N–H and O–H groups in total. The quantitative estimate of drug-likeness (QED) is 0.862. The van der Waals surface area contributed by atoms with Crippen LogP contribution >= 0.6 is 23.2 Å².